The van der Waals surface area contributed by atoms with Crippen molar-refractivity contribution in [2.24, 2.45) is 0 Å². The Morgan fingerprint density at radius 1 is 1.14 bits per heavy atom. The van der Waals surface area contributed by atoms with Crippen LogP contribution in [0.5, 0.6) is 5.75 Å². The number of para-hydroxylation sites is 1. The van der Waals surface area contributed by atoms with E-state index in [0.717, 1.165) is 22.6 Å². The Labute approximate surface area is 161 Å². The van der Waals surface area contributed by atoms with Crippen LogP contribution in [0.3, 0.4) is 0 Å². The second-order valence-corrected chi connectivity index (χ2v) is 6.61. The van der Waals surface area contributed by atoms with Crippen molar-refractivity contribution in [1.29, 1.82) is 0 Å². The molecule has 0 atom stereocenters. The minimum Gasteiger partial charge on any atom is -0.488 e. The molecule has 4 aromatic rings. The normalized spacial score (nSPS) is 11.0. The highest BCUT2D eigenvalue weighted by atomic mass is 16.5. The molecule has 1 aromatic carbocycles. The lowest BCUT2D eigenvalue weighted by molar-refractivity contribution is 0.102. The average Bonchev–Trinajstić information content (AvgIpc) is 3.20. The van der Waals surface area contributed by atoms with Gasteiger partial charge in [-0.2, -0.15) is 0 Å². The molecule has 142 valence electrons. The van der Waals surface area contributed by atoms with Crippen LogP contribution in [0.2, 0.25) is 0 Å². The van der Waals surface area contributed by atoms with Crippen molar-refractivity contribution in [1.82, 2.24) is 14.5 Å². The Kier molecular flexibility index (Phi) is 4.57. The lowest BCUT2D eigenvalue weighted by Gasteiger charge is -2.12. The highest BCUT2D eigenvalue weighted by Crippen LogP contribution is 2.23. The number of nitrogens with zero attached hydrogens (tertiary/aromatic N) is 3. The Balaban J connectivity index is 1.53. The van der Waals surface area contributed by atoms with Gasteiger partial charge in [0.15, 0.2) is 0 Å². The number of hydrogen-bond acceptors (Lipinski definition) is 5. The number of hydrogen-bond donors (Lipinski definition) is 1. The third-order valence-electron chi connectivity index (χ3n) is 4.51. The molecule has 3 aromatic heterocycles. The average molecular weight is 376 g/mol. The van der Waals surface area contributed by atoms with Gasteiger partial charge in [-0.1, -0.05) is 17.3 Å². The number of carbonyl (C=O) groups is 1. The molecule has 3 heterocycles. The number of imidazole rings is 1. The molecule has 0 radical (unpaired) electrons. The van der Waals surface area contributed by atoms with Crippen LogP contribution in [0.4, 0.5) is 5.69 Å². The number of aromatic nitrogens is 3. The van der Waals surface area contributed by atoms with Crippen LogP contribution in [-0.2, 0) is 6.61 Å². The van der Waals surface area contributed by atoms with Crippen molar-refractivity contribution >= 4 is 17.2 Å². The molecular weight excluding hydrogens is 356 g/mol. The highest BCUT2D eigenvalue weighted by Gasteiger charge is 2.15. The standard InChI is InChI=1S/C21H20N4O3/c1-13-10-25-11-16(8-9-20(25)22-13)23-21(26)17-6-4-5-7-19(17)27-12-18-14(2)24-28-15(18)3/h4-11H,12H2,1-3H3,(H,23,26). The second kappa shape index (κ2) is 7.19. The smallest absolute Gasteiger partial charge is 0.259 e. The molecule has 0 unspecified atom stereocenters. The van der Waals surface area contributed by atoms with Gasteiger partial charge in [0.05, 0.1) is 28.2 Å². The fourth-order valence-electron chi connectivity index (χ4n) is 3.03. The van der Waals surface area contributed by atoms with E-state index in [4.69, 9.17) is 9.26 Å². The van der Waals surface area contributed by atoms with Crippen LogP contribution in [-0.4, -0.2) is 20.4 Å². The summed E-state index contributed by atoms with van der Waals surface area (Å²) in [5.74, 6) is 0.966. The lowest BCUT2D eigenvalue weighted by atomic mass is 10.1. The summed E-state index contributed by atoms with van der Waals surface area (Å²) in [5, 5.41) is 6.84. The summed E-state index contributed by atoms with van der Waals surface area (Å²) in [6.45, 7) is 5.91. The number of amides is 1. The van der Waals surface area contributed by atoms with Gasteiger partial charge in [0, 0.05) is 12.4 Å². The third-order valence-corrected chi connectivity index (χ3v) is 4.51. The Bertz CT molecular complexity index is 1140. The van der Waals surface area contributed by atoms with E-state index >= 15 is 0 Å². The fraction of sp³-hybridized carbons (Fsp3) is 0.190. The summed E-state index contributed by atoms with van der Waals surface area (Å²) in [6, 6.07) is 10.8. The van der Waals surface area contributed by atoms with Crippen LogP contribution in [0, 0.1) is 20.8 Å². The number of ether oxygens (including phenoxy) is 1. The number of pyridine rings is 1. The van der Waals surface area contributed by atoms with Gasteiger partial charge in [-0.3, -0.25) is 4.79 Å². The first-order valence-corrected chi connectivity index (χ1v) is 8.91. The van der Waals surface area contributed by atoms with Gasteiger partial charge in [-0.05, 0) is 45.0 Å². The van der Waals surface area contributed by atoms with E-state index in [1.807, 2.05) is 55.8 Å². The fourth-order valence-corrected chi connectivity index (χ4v) is 3.03. The predicted molar refractivity (Wildman–Crippen MR) is 105 cm³/mol. The van der Waals surface area contributed by atoms with E-state index in [9.17, 15) is 4.79 Å². The third kappa shape index (κ3) is 3.46. The van der Waals surface area contributed by atoms with Crippen molar-refractivity contribution in [3.05, 3.63) is 77.1 Å². The molecular formula is C21H20N4O3. The van der Waals surface area contributed by atoms with Crippen molar-refractivity contribution in [3.8, 4) is 5.75 Å². The molecule has 7 nitrogen and oxygen atoms in total. The lowest BCUT2D eigenvalue weighted by Crippen LogP contribution is -2.14. The zero-order valence-corrected chi connectivity index (χ0v) is 15.9. The summed E-state index contributed by atoms with van der Waals surface area (Å²) in [5.41, 5.74) is 4.55. The number of rotatable bonds is 5. The van der Waals surface area contributed by atoms with E-state index in [0.29, 0.717) is 22.8 Å². The van der Waals surface area contributed by atoms with Gasteiger partial charge in [-0.25, -0.2) is 4.98 Å². The maximum absolute atomic E-state index is 12.8. The molecule has 1 N–H and O–H groups in total. The van der Waals surface area contributed by atoms with Crippen molar-refractivity contribution < 1.29 is 14.1 Å². The zero-order valence-electron chi connectivity index (χ0n) is 15.9. The SMILES string of the molecule is Cc1cn2cc(NC(=O)c3ccccc3OCc3c(C)noc3C)ccc2n1. The van der Waals surface area contributed by atoms with E-state index in [-0.39, 0.29) is 12.5 Å². The molecule has 0 aliphatic carbocycles. The van der Waals surface area contributed by atoms with Gasteiger partial charge >= 0.3 is 0 Å². The molecule has 7 heteroatoms. The monoisotopic (exact) mass is 376 g/mol. The van der Waals surface area contributed by atoms with E-state index < -0.39 is 0 Å². The Hall–Kier alpha value is -3.61. The van der Waals surface area contributed by atoms with Crippen molar-refractivity contribution in [3.63, 3.8) is 0 Å². The van der Waals surface area contributed by atoms with Gasteiger partial charge in [0.2, 0.25) is 0 Å². The van der Waals surface area contributed by atoms with Crippen LogP contribution < -0.4 is 10.1 Å². The predicted octanol–water partition coefficient (Wildman–Crippen LogP) is 4.08. The first-order chi connectivity index (χ1) is 13.5. The van der Waals surface area contributed by atoms with Crippen LogP contribution in [0.25, 0.3) is 5.65 Å². The summed E-state index contributed by atoms with van der Waals surface area (Å²) < 4.78 is 12.9. The highest BCUT2D eigenvalue weighted by molar-refractivity contribution is 6.06. The maximum Gasteiger partial charge on any atom is 0.259 e. The molecule has 0 aliphatic rings. The minimum atomic E-state index is -0.245. The molecule has 0 fully saturated rings. The Morgan fingerprint density at radius 3 is 2.75 bits per heavy atom. The molecule has 0 saturated carbocycles. The second-order valence-electron chi connectivity index (χ2n) is 6.61. The topological polar surface area (TPSA) is 81.7 Å². The molecule has 4 rings (SSSR count). The maximum atomic E-state index is 12.8. The van der Waals surface area contributed by atoms with E-state index in [2.05, 4.69) is 15.5 Å². The van der Waals surface area contributed by atoms with E-state index in [1.165, 1.54) is 0 Å². The number of aryl methyl sites for hydroxylation is 3. The summed E-state index contributed by atoms with van der Waals surface area (Å²) in [7, 11) is 0. The van der Waals surface area contributed by atoms with E-state index in [1.54, 1.807) is 18.2 Å². The van der Waals surface area contributed by atoms with Crippen LogP contribution in [0.15, 0.2) is 53.3 Å². The molecule has 0 spiro atoms. The first-order valence-electron chi connectivity index (χ1n) is 8.91. The Morgan fingerprint density at radius 2 is 1.96 bits per heavy atom. The van der Waals surface area contributed by atoms with Gasteiger partial charge in [0.25, 0.3) is 5.91 Å². The van der Waals surface area contributed by atoms with Gasteiger partial charge in [-0.15, -0.1) is 0 Å². The molecule has 0 bridgehead atoms. The number of benzene rings is 1. The first kappa shape index (κ1) is 17.8. The number of carbonyl (C=O) groups excluding carboxylic acids is 1. The van der Waals surface area contributed by atoms with Crippen LogP contribution in [0.1, 0.15) is 33.1 Å². The molecule has 0 aliphatic heterocycles. The minimum absolute atomic E-state index is 0.245. The zero-order chi connectivity index (χ0) is 19.7. The van der Waals surface area contributed by atoms with Gasteiger partial charge < -0.3 is 19.0 Å². The summed E-state index contributed by atoms with van der Waals surface area (Å²) in [6.07, 6.45) is 3.74. The molecule has 28 heavy (non-hydrogen) atoms. The largest absolute Gasteiger partial charge is 0.488 e. The summed E-state index contributed by atoms with van der Waals surface area (Å²) in [4.78, 5) is 17.2. The molecule has 1 amide bonds. The van der Waals surface area contributed by atoms with Crippen molar-refractivity contribution in [2.75, 3.05) is 5.32 Å². The molecule has 0 saturated heterocycles. The summed E-state index contributed by atoms with van der Waals surface area (Å²) >= 11 is 0. The number of fused-ring (bicyclic) bond motifs is 1. The number of anilines is 1. The number of nitrogens with one attached hydrogen (secondary N) is 1. The van der Waals surface area contributed by atoms with Gasteiger partial charge in [0.1, 0.15) is 23.8 Å². The van der Waals surface area contributed by atoms with Crippen LogP contribution >= 0.6 is 0 Å². The quantitative estimate of drug-likeness (QED) is 0.568. The van der Waals surface area contributed by atoms with Crippen molar-refractivity contribution in [2.45, 2.75) is 27.4 Å².